The molecule has 0 bridgehead atoms. The van der Waals surface area contributed by atoms with E-state index in [1.54, 1.807) is 7.05 Å². The molecule has 1 unspecified atom stereocenters. The fourth-order valence-corrected chi connectivity index (χ4v) is 2.52. The summed E-state index contributed by atoms with van der Waals surface area (Å²) in [6.07, 6.45) is 2.04. The largest absolute Gasteiger partial charge is 0.340 e. The van der Waals surface area contributed by atoms with Gasteiger partial charge < -0.3 is 10.2 Å². The van der Waals surface area contributed by atoms with Crippen LogP contribution in [0.3, 0.4) is 0 Å². The second-order valence-corrected chi connectivity index (χ2v) is 4.91. The van der Waals surface area contributed by atoms with Crippen LogP contribution in [0.2, 0.25) is 0 Å². The van der Waals surface area contributed by atoms with Gasteiger partial charge in [-0.15, -0.1) is 0 Å². The van der Waals surface area contributed by atoms with Crippen LogP contribution in [-0.2, 0) is 7.05 Å². The van der Waals surface area contributed by atoms with E-state index < -0.39 is 5.69 Å². The van der Waals surface area contributed by atoms with Crippen LogP contribution >= 0.6 is 15.9 Å². The van der Waals surface area contributed by atoms with Crippen molar-refractivity contribution in [2.24, 2.45) is 7.05 Å². The normalized spacial score (nSPS) is 18.1. The molecule has 0 amide bonds. The fourth-order valence-electron chi connectivity index (χ4n) is 1.90. The number of nitrogens with one attached hydrogen (secondary N) is 2. The molecule has 2 N–H and O–H groups in total. The van der Waals surface area contributed by atoms with Crippen LogP contribution < -0.4 is 21.5 Å². The van der Waals surface area contributed by atoms with Crippen LogP contribution in [0.1, 0.15) is 19.8 Å². The molecule has 1 aromatic heterocycles. The first kappa shape index (κ1) is 12.2. The summed E-state index contributed by atoms with van der Waals surface area (Å²) in [7, 11) is 1.63. The van der Waals surface area contributed by atoms with E-state index in [2.05, 4.69) is 33.2 Å². The Morgan fingerprint density at radius 2 is 2.12 bits per heavy atom. The second-order valence-electron chi connectivity index (χ2n) is 4.04. The van der Waals surface area contributed by atoms with Crippen molar-refractivity contribution in [1.82, 2.24) is 9.55 Å². The molecule has 0 aromatic carbocycles. The molecule has 1 aliphatic heterocycles. The number of H-pyrrole nitrogens is 1. The van der Waals surface area contributed by atoms with Gasteiger partial charge in [-0.05, 0) is 22.4 Å². The first-order valence-electron chi connectivity index (χ1n) is 5.56. The monoisotopic (exact) mass is 302 g/mol. The maximum Gasteiger partial charge on any atom is 0.329 e. The quantitative estimate of drug-likeness (QED) is 0.640. The molecule has 6 nitrogen and oxygen atoms in total. The van der Waals surface area contributed by atoms with Gasteiger partial charge >= 0.3 is 5.69 Å². The third-order valence-electron chi connectivity index (χ3n) is 2.87. The Hall–Kier alpha value is -1.24. The molecular weight excluding hydrogens is 288 g/mol. The highest BCUT2D eigenvalue weighted by molar-refractivity contribution is 9.09. The van der Waals surface area contributed by atoms with Gasteiger partial charge in [-0.1, -0.05) is 13.3 Å². The van der Waals surface area contributed by atoms with Gasteiger partial charge in [-0.2, -0.15) is 0 Å². The van der Waals surface area contributed by atoms with Crippen molar-refractivity contribution in [2.75, 3.05) is 16.8 Å². The summed E-state index contributed by atoms with van der Waals surface area (Å²) in [5, 5.41) is 2.95. The highest BCUT2D eigenvalue weighted by atomic mass is 79.9. The number of aromatic nitrogens is 2. The summed E-state index contributed by atoms with van der Waals surface area (Å²) in [5.41, 5.74) is -0.214. The van der Waals surface area contributed by atoms with E-state index in [1.807, 2.05) is 4.90 Å². The second kappa shape index (κ2) is 4.56. The Kier molecular flexibility index (Phi) is 3.28. The SMILES string of the molecule is CCCCN1c2c(n(C)c(=O)[nH]c2=O)NC1Br. The minimum absolute atomic E-state index is 0.141. The Labute approximate surface area is 107 Å². The van der Waals surface area contributed by atoms with Crippen LogP contribution in [0.15, 0.2) is 9.59 Å². The van der Waals surface area contributed by atoms with E-state index >= 15 is 0 Å². The summed E-state index contributed by atoms with van der Waals surface area (Å²) in [4.78, 5) is 27.5. The predicted molar refractivity (Wildman–Crippen MR) is 70.9 cm³/mol. The average molecular weight is 303 g/mol. The molecule has 1 aromatic rings. The highest BCUT2D eigenvalue weighted by Crippen LogP contribution is 2.31. The first-order chi connectivity index (χ1) is 8.06. The van der Waals surface area contributed by atoms with Gasteiger partial charge in [0.15, 0.2) is 5.08 Å². The lowest BCUT2D eigenvalue weighted by molar-refractivity contribution is 0.733. The Bertz CT molecular complexity index is 536. The van der Waals surface area contributed by atoms with Crippen LogP contribution in [0, 0.1) is 0 Å². The number of rotatable bonds is 3. The van der Waals surface area contributed by atoms with E-state index in [0.29, 0.717) is 11.5 Å². The van der Waals surface area contributed by atoms with E-state index in [1.165, 1.54) is 4.57 Å². The van der Waals surface area contributed by atoms with Crippen LogP contribution in [-0.4, -0.2) is 21.2 Å². The number of halogens is 1. The van der Waals surface area contributed by atoms with Crippen molar-refractivity contribution in [2.45, 2.75) is 24.8 Å². The number of unbranched alkanes of at least 4 members (excludes halogenated alkanes) is 1. The van der Waals surface area contributed by atoms with Crippen molar-refractivity contribution in [1.29, 1.82) is 0 Å². The van der Waals surface area contributed by atoms with Gasteiger partial charge in [0.2, 0.25) is 0 Å². The zero-order valence-electron chi connectivity index (χ0n) is 9.79. The minimum Gasteiger partial charge on any atom is -0.340 e. The smallest absolute Gasteiger partial charge is 0.329 e. The molecule has 0 aliphatic carbocycles. The predicted octanol–water partition coefficient (Wildman–Crippen LogP) is 0.784. The zero-order chi connectivity index (χ0) is 12.6. The molecule has 0 saturated heterocycles. The lowest BCUT2D eigenvalue weighted by atomic mass is 10.3. The Morgan fingerprint density at radius 1 is 1.41 bits per heavy atom. The molecule has 17 heavy (non-hydrogen) atoms. The van der Waals surface area contributed by atoms with Crippen LogP contribution in [0.5, 0.6) is 0 Å². The van der Waals surface area contributed by atoms with Crippen molar-refractivity contribution in [3.63, 3.8) is 0 Å². The zero-order valence-corrected chi connectivity index (χ0v) is 11.4. The number of hydrogen-bond acceptors (Lipinski definition) is 4. The third-order valence-corrected chi connectivity index (χ3v) is 3.59. The van der Waals surface area contributed by atoms with Gasteiger partial charge in [0, 0.05) is 13.6 Å². The molecule has 2 rings (SSSR count). The lowest BCUT2D eigenvalue weighted by Crippen LogP contribution is -2.35. The summed E-state index contributed by atoms with van der Waals surface area (Å²) < 4.78 is 1.41. The molecule has 0 spiro atoms. The van der Waals surface area contributed by atoms with Crippen LogP contribution in [0.4, 0.5) is 11.5 Å². The van der Waals surface area contributed by atoms with Gasteiger partial charge in [0.25, 0.3) is 5.56 Å². The minimum atomic E-state index is -0.404. The number of anilines is 2. The summed E-state index contributed by atoms with van der Waals surface area (Å²) >= 11 is 3.46. The Balaban J connectivity index is 2.49. The van der Waals surface area contributed by atoms with Crippen molar-refractivity contribution < 1.29 is 0 Å². The topological polar surface area (TPSA) is 70.1 Å². The number of alkyl halides is 1. The molecule has 0 saturated carbocycles. The molecule has 94 valence electrons. The molecule has 1 aliphatic rings. The average Bonchev–Trinajstić information content (AvgIpc) is 2.61. The molecule has 1 atom stereocenters. The summed E-state index contributed by atoms with van der Waals surface area (Å²) in [6.45, 7) is 2.87. The summed E-state index contributed by atoms with van der Waals surface area (Å²) in [5.74, 6) is 0.566. The van der Waals surface area contributed by atoms with E-state index in [0.717, 1.165) is 19.4 Å². The summed E-state index contributed by atoms with van der Waals surface area (Å²) in [6, 6.07) is 0. The standard InChI is InChI=1S/C10H15BrN4O2/c1-3-4-5-15-6-7(12-9(15)11)14(2)10(17)13-8(6)16/h9,12H,3-5H2,1-2H3,(H,13,16,17). The van der Waals surface area contributed by atoms with E-state index in [4.69, 9.17) is 0 Å². The van der Waals surface area contributed by atoms with Crippen molar-refractivity contribution >= 4 is 27.4 Å². The van der Waals surface area contributed by atoms with Crippen LogP contribution in [0.25, 0.3) is 0 Å². The molecule has 7 heteroatoms. The number of aromatic amines is 1. The van der Waals surface area contributed by atoms with Gasteiger partial charge in [0.05, 0.1) is 0 Å². The number of fused-ring (bicyclic) bond motifs is 1. The third kappa shape index (κ3) is 1.99. The highest BCUT2D eigenvalue weighted by Gasteiger charge is 2.31. The number of nitrogens with zero attached hydrogens (tertiary/aromatic N) is 2. The van der Waals surface area contributed by atoms with E-state index in [-0.39, 0.29) is 10.6 Å². The van der Waals surface area contributed by atoms with Crippen molar-refractivity contribution in [3.8, 4) is 0 Å². The fraction of sp³-hybridized carbons (Fsp3) is 0.600. The molecular formula is C10H15BrN4O2. The maximum atomic E-state index is 11.8. The number of hydrogen-bond donors (Lipinski definition) is 2. The van der Waals surface area contributed by atoms with Gasteiger partial charge in [-0.3, -0.25) is 14.3 Å². The maximum absolute atomic E-state index is 11.8. The van der Waals surface area contributed by atoms with Crippen molar-refractivity contribution in [3.05, 3.63) is 20.8 Å². The molecule has 0 fully saturated rings. The van der Waals surface area contributed by atoms with Gasteiger partial charge in [-0.25, -0.2) is 4.79 Å². The molecule has 0 radical (unpaired) electrons. The first-order valence-corrected chi connectivity index (χ1v) is 6.48. The molecule has 2 heterocycles. The Morgan fingerprint density at radius 3 is 2.76 bits per heavy atom. The lowest BCUT2D eigenvalue weighted by Gasteiger charge is -2.20. The van der Waals surface area contributed by atoms with E-state index in [9.17, 15) is 9.59 Å². The van der Waals surface area contributed by atoms with Gasteiger partial charge in [0.1, 0.15) is 11.5 Å².